The molecule has 0 aliphatic heterocycles. The number of nitrogens with one attached hydrogen (secondary N) is 1. The highest BCUT2D eigenvalue weighted by atomic mass is 32.1. The zero-order chi connectivity index (χ0) is 14.8. The second kappa shape index (κ2) is 5.49. The van der Waals surface area contributed by atoms with Crippen LogP contribution in [0.25, 0.3) is 10.3 Å². The monoisotopic (exact) mass is 298 g/mol. The van der Waals surface area contributed by atoms with Crippen molar-refractivity contribution in [2.45, 2.75) is 13.5 Å². The molecule has 1 aromatic carbocycles. The first-order valence-corrected chi connectivity index (χ1v) is 7.30. The number of rotatable bonds is 3. The number of thiophene rings is 1. The van der Waals surface area contributed by atoms with E-state index in [2.05, 4.69) is 15.3 Å². The second-order valence-corrected chi connectivity index (χ2v) is 5.66. The van der Waals surface area contributed by atoms with E-state index in [-0.39, 0.29) is 5.91 Å². The molecule has 3 rings (SSSR count). The number of hydrogen-bond donors (Lipinski definition) is 2. The van der Waals surface area contributed by atoms with Crippen LogP contribution in [0.1, 0.15) is 20.8 Å². The summed E-state index contributed by atoms with van der Waals surface area (Å²) in [7, 11) is 0. The molecule has 2 aromatic heterocycles. The van der Waals surface area contributed by atoms with Gasteiger partial charge in [-0.1, -0.05) is 24.3 Å². The summed E-state index contributed by atoms with van der Waals surface area (Å²) in [6.45, 7) is 2.49. The first-order chi connectivity index (χ1) is 10.2. The molecule has 0 unspecified atom stereocenters. The fourth-order valence-electron chi connectivity index (χ4n) is 2.08. The van der Waals surface area contributed by atoms with Crippen molar-refractivity contribution in [2.24, 2.45) is 0 Å². The van der Waals surface area contributed by atoms with Crippen LogP contribution in [-0.2, 0) is 6.54 Å². The Hall–Kier alpha value is -2.47. The molecule has 0 saturated heterocycles. The number of fused-ring (bicyclic) bond motifs is 1. The number of anilines is 1. The molecule has 21 heavy (non-hydrogen) atoms. The van der Waals surface area contributed by atoms with E-state index >= 15 is 0 Å². The zero-order valence-corrected chi connectivity index (χ0v) is 12.3. The van der Waals surface area contributed by atoms with E-state index in [9.17, 15) is 4.79 Å². The molecule has 0 saturated carbocycles. The average Bonchev–Trinajstić information content (AvgIpc) is 2.84. The van der Waals surface area contributed by atoms with Gasteiger partial charge in [-0.05, 0) is 18.1 Å². The molecule has 0 aliphatic carbocycles. The molecule has 0 fully saturated rings. The molecular weight excluding hydrogens is 284 g/mol. The van der Waals surface area contributed by atoms with Crippen molar-refractivity contribution < 1.29 is 4.79 Å². The lowest BCUT2D eigenvalue weighted by Crippen LogP contribution is -2.23. The number of aryl methyl sites for hydroxylation is 1. The van der Waals surface area contributed by atoms with Crippen LogP contribution in [0.15, 0.2) is 36.7 Å². The standard InChI is InChI=1S/C15H14N4OS/c1-9-4-2-3-5-10(9)8-19-14(20)13-11(16)12-15(21-13)18-7-6-17-12/h2-7H,8,16H2,1H3,(H,19,20). The van der Waals surface area contributed by atoms with Crippen molar-refractivity contribution >= 4 is 33.3 Å². The van der Waals surface area contributed by atoms with Crippen LogP contribution >= 0.6 is 11.3 Å². The van der Waals surface area contributed by atoms with Crippen molar-refractivity contribution in [3.8, 4) is 0 Å². The Labute approximate surface area is 125 Å². The van der Waals surface area contributed by atoms with Crippen LogP contribution < -0.4 is 11.1 Å². The van der Waals surface area contributed by atoms with Crippen molar-refractivity contribution in [1.82, 2.24) is 15.3 Å². The quantitative estimate of drug-likeness (QED) is 0.778. The normalized spacial score (nSPS) is 10.7. The molecule has 0 atom stereocenters. The van der Waals surface area contributed by atoms with Gasteiger partial charge in [0.1, 0.15) is 15.2 Å². The van der Waals surface area contributed by atoms with Gasteiger partial charge in [0, 0.05) is 18.9 Å². The molecule has 6 heteroatoms. The van der Waals surface area contributed by atoms with Crippen LogP contribution in [0.2, 0.25) is 0 Å². The molecule has 0 bridgehead atoms. The van der Waals surface area contributed by atoms with Crippen LogP contribution in [0.3, 0.4) is 0 Å². The molecule has 0 spiro atoms. The largest absolute Gasteiger partial charge is 0.396 e. The van der Waals surface area contributed by atoms with E-state index in [1.807, 2.05) is 31.2 Å². The summed E-state index contributed by atoms with van der Waals surface area (Å²) in [5, 5.41) is 2.89. The summed E-state index contributed by atoms with van der Waals surface area (Å²) in [6, 6.07) is 7.94. The number of hydrogen-bond acceptors (Lipinski definition) is 5. The third-order valence-corrected chi connectivity index (χ3v) is 4.37. The van der Waals surface area contributed by atoms with Gasteiger partial charge < -0.3 is 11.1 Å². The fraction of sp³-hybridized carbons (Fsp3) is 0.133. The predicted molar refractivity (Wildman–Crippen MR) is 84.2 cm³/mol. The van der Waals surface area contributed by atoms with Gasteiger partial charge in [0.2, 0.25) is 0 Å². The number of carbonyl (C=O) groups excluding carboxylic acids is 1. The SMILES string of the molecule is Cc1ccccc1CNC(=O)c1sc2nccnc2c1N. The van der Waals surface area contributed by atoms with Crippen molar-refractivity contribution in [2.75, 3.05) is 5.73 Å². The number of aromatic nitrogens is 2. The average molecular weight is 298 g/mol. The summed E-state index contributed by atoms with van der Waals surface area (Å²) >= 11 is 1.26. The van der Waals surface area contributed by atoms with E-state index in [4.69, 9.17) is 5.73 Å². The topological polar surface area (TPSA) is 80.9 Å². The van der Waals surface area contributed by atoms with E-state index in [1.165, 1.54) is 11.3 Å². The number of amides is 1. The predicted octanol–water partition coefficient (Wildman–Crippen LogP) is 2.51. The molecule has 1 amide bonds. The molecular formula is C15H14N4OS. The van der Waals surface area contributed by atoms with Crippen LogP contribution in [0.5, 0.6) is 0 Å². The molecule has 0 aliphatic rings. The Morgan fingerprint density at radius 3 is 2.81 bits per heavy atom. The maximum absolute atomic E-state index is 12.3. The highest BCUT2D eigenvalue weighted by Gasteiger charge is 2.17. The first kappa shape index (κ1) is 13.5. The van der Waals surface area contributed by atoms with Crippen molar-refractivity contribution in [1.29, 1.82) is 0 Å². The molecule has 5 nitrogen and oxygen atoms in total. The number of nitrogens with zero attached hydrogens (tertiary/aromatic N) is 2. The molecule has 2 heterocycles. The summed E-state index contributed by atoms with van der Waals surface area (Å²) < 4.78 is 0. The van der Waals surface area contributed by atoms with E-state index in [1.54, 1.807) is 12.4 Å². The lowest BCUT2D eigenvalue weighted by molar-refractivity contribution is 0.0956. The fourth-order valence-corrected chi connectivity index (χ4v) is 3.01. The maximum atomic E-state index is 12.3. The van der Waals surface area contributed by atoms with Crippen molar-refractivity contribution in [3.05, 3.63) is 52.7 Å². The zero-order valence-electron chi connectivity index (χ0n) is 11.5. The summed E-state index contributed by atoms with van der Waals surface area (Å²) in [5.41, 5.74) is 9.20. The van der Waals surface area contributed by atoms with Gasteiger partial charge in [-0.25, -0.2) is 9.97 Å². The van der Waals surface area contributed by atoms with Gasteiger partial charge in [0.05, 0.1) is 5.69 Å². The first-order valence-electron chi connectivity index (χ1n) is 6.48. The Kier molecular flexibility index (Phi) is 3.53. The summed E-state index contributed by atoms with van der Waals surface area (Å²) in [5.74, 6) is -0.194. The van der Waals surface area contributed by atoms with Gasteiger partial charge in [-0.15, -0.1) is 11.3 Å². The summed E-state index contributed by atoms with van der Waals surface area (Å²) in [4.78, 5) is 21.8. The Bertz CT molecular complexity index is 812. The van der Waals surface area contributed by atoms with Gasteiger partial charge in [0.15, 0.2) is 0 Å². The number of nitrogen functional groups attached to an aromatic ring is 1. The third-order valence-electron chi connectivity index (χ3n) is 3.27. The number of nitrogens with two attached hydrogens (primary N) is 1. The van der Waals surface area contributed by atoms with Gasteiger partial charge in [-0.2, -0.15) is 0 Å². The van der Waals surface area contributed by atoms with E-state index < -0.39 is 0 Å². The van der Waals surface area contributed by atoms with Crippen LogP contribution in [0.4, 0.5) is 5.69 Å². The number of benzene rings is 1. The Balaban J connectivity index is 1.81. The minimum atomic E-state index is -0.194. The molecule has 0 radical (unpaired) electrons. The van der Waals surface area contributed by atoms with E-state index in [0.29, 0.717) is 27.5 Å². The highest BCUT2D eigenvalue weighted by molar-refractivity contribution is 7.21. The second-order valence-electron chi connectivity index (χ2n) is 4.66. The van der Waals surface area contributed by atoms with Gasteiger partial charge in [-0.3, -0.25) is 4.79 Å². The molecule has 3 aromatic rings. The van der Waals surface area contributed by atoms with E-state index in [0.717, 1.165) is 11.1 Å². The van der Waals surface area contributed by atoms with Crippen LogP contribution in [0, 0.1) is 6.92 Å². The highest BCUT2D eigenvalue weighted by Crippen LogP contribution is 2.30. The molecule has 3 N–H and O–H groups in total. The smallest absolute Gasteiger partial charge is 0.263 e. The van der Waals surface area contributed by atoms with Gasteiger partial charge in [0.25, 0.3) is 5.91 Å². The number of carbonyl (C=O) groups is 1. The Morgan fingerprint density at radius 2 is 2.05 bits per heavy atom. The summed E-state index contributed by atoms with van der Waals surface area (Å²) in [6.07, 6.45) is 3.16. The van der Waals surface area contributed by atoms with Gasteiger partial charge >= 0.3 is 0 Å². The van der Waals surface area contributed by atoms with Crippen LogP contribution in [-0.4, -0.2) is 15.9 Å². The Morgan fingerprint density at radius 1 is 1.29 bits per heavy atom. The lowest BCUT2D eigenvalue weighted by atomic mass is 10.1. The third kappa shape index (κ3) is 2.57. The minimum Gasteiger partial charge on any atom is -0.396 e. The molecule has 106 valence electrons. The van der Waals surface area contributed by atoms with Crippen molar-refractivity contribution in [3.63, 3.8) is 0 Å². The minimum absolute atomic E-state index is 0.194. The maximum Gasteiger partial charge on any atom is 0.263 e. The lowest BCUT2D eigenvalue weighted by Gasteiger charge is -2.07.